The van der Waals surface area contributed by atoms with Crippen LogP contribution in [-0.2, 0) is 6.54 Å². The minimum Gasteiger partial charge on any atom is -0.305 e. The zero-order chi connectivity index (χ0) is 13.1. The summed E-state index contributed by atoms with van der Waals surface area (Å²) < 4.78 is 0.853. The number of benzene rings is 1. The summed E-state index contributed by atoms with van der Waals surface area (Å²) in [7, 11) is 0. The first-order valence-corrected chi connectivity index (χ1v) is 7.30. The highest BCUT2D eigenvalue weighted by Gasteiger charge is 2.06. The van der Waals surface area contributed by atoms with E-state index in [1.165, 1.54) is 21.6 Å². The average Bonchev–Trinajstić information content (AvgIpc) is 2.70. The lowest BCUT2D eigenvalue weighted by Crippen LogP contribution is -2.17. The molecule has 0 saturated carbocycles. The quantitative estimate of drug-likeness (QED) is 0.842. The maximum Gasteiger partial charge on any atom is 0.0931 e. The van der Waals surface area contributed by atoms with E-state index in [0.29, 0.717) is 6.04 Å². The summed E-state index contributed by atoms with van der Waals surface area (Å²) in [6.07, 6.45) is 0. The van der Waals surface area contributed by atoms with Crippen LogP contribution in [0.4, 0.5) is 0 Å². The molecule has 0 fully saturated rings. The van der Waals surface area contributed by atoms with Crippen molar-refractivity contribution in [1.29, 1.82) is 0 Å². The van der Waals surface area contributed by atoms with Gasteiger partial charge in [0.25, 0.3) is 0 Å². The van der Waals surface area contributed by atoms with E-state index in [4.69, 9.17) is 11.6 Å². The molecule has 0 amide bonds. The first-order chi connectivity index (χ1) is 8.54. The number of hydrogen-bond acceptors (Lipinski definition) is 2. The third kappa shape index (κ3) is 3.58. The lowest BCUT2D eigenvalue weighted by atomic mass is 10.0. The van der Waals surface area contributed by atoms with Crippen molar-refractivity contribution in [3.8, 4) is 0 Å². The summed E-state index contributed by atoms with van der Waals surface area (Å²) in [5.41, 5.74) is 3.98. The molecule has 1 aromatic carbocycles. The number of rotatable bonds is 4. The summed E-state index contributed by atoms with van der Waals surface area (Å²) in [5.74, 6) is 0. The van der Waals surface area contributed by atoms with Gasteiger partial charge in [-0.15, -0.1) is 11.3 Å². The molecule has 0 aliphatic heterocycles. The Morgan fingerprint density at radius 1 is 1.17 bits per heavy atom. The molecule has 1 aromatic heterocycles. The van der Waals surface area contributed by atoms with Gasteiger partial charge in [-0.3, -0.25) is 0 Å². The zero-order valence-electron chi connectivity index (χ0n) is 11.0. The van der Waals surface area contributed by atoms with Crippen LogP contribution >= 0.6 is 22.9 Å². The second-order valence-electron chi connectivity index (χ2n) is 4.73. The molecule has 1 N–H and O–H groups in total. The standard InChI is InChI=1S/C15H18ClNS/c1-10-6-11(2)8-13(7-10)12(3)17-9-14-4-5-15(16)18-14/h4-8,12,17H,9H2,1-3H3. The van der Waals surface area contributed by atoms with Gasteiger partial charge in [-0.2, -0.15) is 0 Å². The lowest BCUT2D eigenvalue weighted by Gasteiger charge is -2.15. The predicted octanol–water partition coefficient (Wildman–Crippen LogP) is 4.87. The van der Waals surface area contributed by atoms with Crippen molar-refractivity contribution in [1.82, 2.24) is 5.32 Å². The van der Waals surface area contributed by atoms with Gasteiger partial charge in [0.2, 0.25) is 0 Å². The maximum absolute atomic E-state index is 5.93. The molecule has 2 rings (SSSR count). The highest BCUT2D eigenvalue weighted by Crippen LogP contribution is 2.22. The second kappa shape index (κ2) is 5.87. The van der Waals surface area contributed by atoms with Crippen LogP contribution in [0.3, 0.4) is 0 Å². The number of thiophene rings is 1. The molecule has 18 heavy (non-hydrogen) atoms. The van der Waals surface area contributed by atoms with Crippen molar-refractivity contribution >= 4 is 22.9 Å². The van der Waals surface area contributed by atoms with Gasteiger partial charge < -0.3 is 5.32 Å². The van der Waals surface area contributed by atoms with E-state index in [-0.39, 0.29) is 0 Å². The minimum absolute atomic E-state index is 0.351. The normalized spacial score (nSPS) is 12.7. The second-order valence-corrected chi connectivity index (χ2v) is 6.53. The largest absolute Gasteiger partial charge is 0.305 e. The Labute approximate surface area is 118 Å². The molecule has 0 radical (unpaired) electrons. The predicted molar refractivity (Wildman–Crippen MR) is 80.5 cm³/mol. The van der Waals surface area contributed by atoms with Gasteiger partial charge in [0.05, 0.1) is 4.34 Å². The minimum atomic E-state index is 0.351. The summed E-state index contributed by atoms with van der Waals surface area (Å²) in [4.78, 5) is 1.27. The van der Waals surface area contributed by atoms with Crippen LogP contribution in [0, 0.1) is 13.8 Å². The Hall–Kier alpha value is -0.830. The van der Waals surface area contributed by atoms with Crippen LogP contribution in [-0.4, -0.2) is 0 Å². The van der Waals surface area contributed by atoms with Crippen LogP contribution < -0.4 is 5.32 Å². The van der Waals surface area contributed by atoms with Gasteiger partial charge >= 0.3 is 0 Å². The molecule has 3 heteroatoms. The Kier molecular flexibility index (Phi) is 4.44. The number of nitrogens with one attached hydrogen (secondary N) is 1. The van der Waals surface area contributed by atoms with Gasteiger partial charge in [-0.1, -0.05) is 40.9 Å². The summed E-state index contributed by atoms with van der Waals surface area (Å²) in [6.45, 7) is 7.35. The Balaban J connectivity index is 2.01. The monoisotopic (exact) mass is 279 g/mol. The molecule has 96 valence electrons. The molecule has 0 saturated heterocycles. The first kappa shape index (κ1) is 13.6. The van der Waals surface area contributed by atoms with Crippen molar-refractivity contribution < 1.29 is 0 Å². The van der Waals surface area contributed by atoms with E-state index in [9.17, 15) is 0 Å². The maximum atomic E-state index is 5.93. The number of halogens is 1. The van der Waals surface area contributed by atoms with E-state index < -0.39 is 0 Å². The molecular formula is C15H18ClNS. The van der Waals surface area contributed by atoms with Crippen LogP contribution in [0.15, 0.2) is 30.3 Å². The van der Waals surface area contributed by atoms with Crippen molar-refractivity contribution in [3.05, 3.63) is 56.2 Å². The molecule has 1 atom stereocenters. The molecule has 1 heterocycles. The molecule has 0 spiro atoms. The van der Waals surface area contributed by atoms with Crippen molar-refractivity contribution in [2.75, 3.05) is 0 Å². The average molecular weight is 280 g/mol. The van der Waals surface area contributed by atoms with E-state index in [1.807, 2.05) is 6.07 Å². The summed E-state index contributed by atoms with van der Waals surface area (Å²) >= 11 is 7.56. The lowest BCUT2D eigenvalue weighted by molar-refractivity contribution is 0.578. The van der Waals surface area contributed by atoms with Crippen LogP contribution in [0.2, 0.25) is 4.34 Å². The van der Waals surface area contributed by atoms with E-state index in [1.54, 1.807) is 11.3 Å². The fraction of sp³-hybridized carbons (Fsp3) is 0.333. The van der Waals surface area contributed by atoms with Gasteiger partial charge in [0.15, 0.2) is 0 Å². The van der Waals surface area contributed by atoms with Crippen LogP contribution in [0.5, 0.6) is 0 Å². The Bertz CT molecular complexity index is 513. The van der Waals surface area contributed by atoms with Gasteiger partial charge in [0.1, 0.15) is 0 Å². The molecule has 0 bridgehead atoms. The van der Waals surface area contributed by atoms with Crippen LogP contribution in [0.1, 0.15) is 34.5 Å². The smallest absolute Gasteiger partial charge is 0.0931 e. The van der Waals surface area contributed by atoms with Crippen molar-refractivity contribution in [2.24, 2.45) is 0 Å². The van der Waals surface area contributed by atoms with Crippen molar-refractivity contribution in [3.63, 3.8) is 0 Å². The molecule has 1 unspecified atom stereocenters. The fourth-order valence-electron chi connectivity index (χ4n) is 2.08. The first-order valence-electron chi connectivity index (χ1n) is 6.10. The van der Waals surface area contributed by atoms with E-state index in [2.05, 4.69) is 50.4 Å². The molecular weight excluding hydrogens is 262 g/mol. The summed E-state index contributed by atoms with van der Waals surface area (Å²) in [6, 6.07) is 11.1. The Morgan fingerprint density at radius 3 is 2.39 bits per heavy atom. The highest BCUT2D eigenvalue weighted by molar-refractivity contribution is 7.16. The summed E-state index contributed by atoms with van der Waals surface area (Å²) in [5, 5.41) is 3.53. The fourth-order valence-corrected chi connectivity index (χ4v) is 3.12. The Morgan fingerprint density at radius 2 is 1.83 bits per heavy atom. The number of aryl methyl sites for hydroxylation is 2. The molecule has 0 aliphatic carbocycles. The SMILES string of the molecule is Cc1cc(C)cc(C(C)NCc2ccc(Cl)s2)c1. The van der Waals surface area contributed by atoms with E-state index in [0.717, 1.165) is 10.9 Å². The highest BCUT2D eigenvalue weighted by atomic mass is 35.5. The van der Waals surface area contributed by atoms with Gasteiger partial charge in [-0.25, -0.2) is 0 Å². The van der Waals surface area contributed by atoms with Gasteiger partial charge in [-0.05, 0) is 38.5 Å². The van der Waals surface area contributed by atoms with Gasteiger partial charge in [0, 0.05) is 17.5 Å². The molecule has 1 nitrogen and oxygen atoms in total. The third-order valence-corrected chi connectivity index (χ3v) is 4.19. The topological polar surface area (TPSA) is 12.0 Å². The molecule has 2 aromatic rings. The third-order valence-electron chi connectivity index (χ3n) is 2.96. The molecule has 0 aliphatic rings. The zero-order valence-corrected chi connectivity index (χ0v) is 12.5. The van der Waals surface area contributed by atoms with Crippen molar-refractivity contribution in [2.45, 2.75) is 33.4 Å². The van der Waals surface area contributed by atoms with Crippen LogP contribution in [0.25, 0.3) is 0 Å². The van der Waals surface area contributed by atoms with E-state index >= 15 is 0 Å². The number of hydrogen-bond donors (Lipinski definition) is 1.